The summed E-state index contributed by atoms with van der Waals surface area (Å²) in [6, 6.07) is 23.0. The minimum atomic E-state index is -3.77. The highest BCUT2D eigenvalue weighted by atomic mass is 32.2. The Morgan fingerprint density at radius 1 is 0.875 bits per heavy atom. The molecule has 1 atom stereocenters. The molecule has 0 radical (unpaired) electrons. The van der Waals surface area contributed by atoms with Gasteiger partial charge in [-0.1, -0.05) is 60.2 Å². The molecule has 4 nitrogen and oxygen atoms in total. The summed E-state index contributed by atoms with van der Waals surface area (Å²) in [5, 5.41) is 1.05. The second-order valence-electron chi connectivity index (χ2n) is 8.78. The van der Waals surface area contributed by atoms with Gasteiger partial charge in [-0.25, -0.2) is 8.42 Å². The van der Waals surface area contributed by atoms with Gasteiger partial charge < -0.3 is 4.98 Å². The Labute approximate surface area is 188 Å². The zero-order valence-electron chi connectivity index (χ0n) is 17.8. The first-order valence-corrected chi connectivity index (χ1v) is 12.5. The monoisotopic (exact) mass is 440 g/mol. The van der Waals surface area contributed by atoms with Crippen molar-refractivity contribution in [3.63, 3.8) is 0 Å². The van der Waals surface area contributed by atoms with E-state index in [2.05, 4.69) is 29.3 Å². The van der Waals surface area contributed by atoms with E-state index in [0.717, 1.165) is 51.7 Å². The van der Waals surface area contributed by atoms with Gasteiger partial charge >= 0.3 is 0 Å². The number of nitrogens with one attached hydrogen (secondary N) is 1. The van der Waals surface area contributed by atoms with E-state index in [1.165, 1.54) is 0 Å². The summed E-state index contributed by atoms with van der Waals surface area (Å²) < 4.78 is 30.0. The van der Waals surface area contributed by atoms with Crippen LogP contribution >= 0.6 is 0 Å². The minimum Gasteiger partial charge on any atom is -0.361 e. The maximum absolute atomic E-state index is 14.2. The van der Waals surface area contributed by atoms with Crippen molar-refractivity contribution in [1.29, 1.82) is 0 Å². The van der Waals surface area contributed by atoms with E-state index in [4.69, 9.17) is 0 Å². The first-order valence-electron chi connectivity index (χ1n) is 11.0. The Hall–Kier alpha value is -3.31. The van der Waals surface area contributed by atoms with Gasteiger partial charge in [0.05, 0.1) is 10.9 Å². The number of fused-ring (bicyclic) bond motifs is 2. The highest BCUT2D eigenvalue weighted by Crippen LogP contribution is 2.50. The lowest BCUT2D eigenvalue weighted by atomic mass is 9.90. The molecule has 0 spiro atoms. The molecule has 6 rings (SSSR count). The lowest BCUT2D eigenvalue weighted by Gasteiger charge is -2.39. The van der Waals surface area contributed by atoms with Gasteiger partial charge in [0.2, 0.25) is 0 Å². The molecule has 0 saturated heterocycles. The Morgan fingerprint density at radius 3 is 2.38 bits per heavy atom. The number of hydrogen-bond donors (Lipinski definition) is 1. The van der Waals surface area contributed by atoms with Crippen molar-refractivity contribution in [1.82, 2.24) is 9.29 Å². The van der Waals surface area contributed by atoms with E-state index in [-0.39, 0.29) is 5.92 Å². The van der Waals surface area contributed by atoms with Crippen LogP contribution in [0.15, 0.2) is 89.6 Å². The Kier molecular flexibility index (Phi) is 4.30. The van der Waals surface area contributed by atoms with Gasteiger partial charge in [0.1, 0.15) is 0 Å². The maximum atomic E-state index is 14.2. The van der Waals surface area contributed by atoms with E-state index in [1.807, 2.05) is 55.6 Å². The van der Waals surface area contributed by atoms with E-state index in [0.29, 0.717) is 4.90 Å². The van der Waals surface area contributed by atoms with E-state index >= 15 is 0 Å². The quantitative estimate of drug-likeness (QED) is 0.422. The fourth-order valence-corrected chi connectivity index (χ4v) is 6.47. The predicted molar refractivity (Wildman–Crippen MR) is 127 cm³/mol. The summed E-state index contributed by atoms with van der Waals surface area (Å²) in [5.41, 5.74) is 6.04. The normalized spacial score (nSPS) is 18.5. The number of nitrogens with zero attached hydrogens (tertiary/aromatic N) is 1. The molecule has 1 aliphatic heterocycles. The number of aromatic nitrogens is 1. The molecule has 2 heterocycles. The van der Waals surface area contributed by atoms with Crippen LogP contribution in [-0.2, 0) is 10.0 Å². The minimum absolute atomic E-state index is 0.274. The molecule has 1 N–H and O–H groups in total. The largest absolute Gasteiger partial charge is 0.361 e. The second kappa shape index (κ2) is 7.10. The molecule has 2 aliphatic rings. The van der Waals surface area contributed by atoms with Crippen molar-refractivity contribution in [2.75, 3.05) is 0 Å². The van der Waals surface area contributed by atoms with Crippen molar-refractivity contribution >= 4 is 27.0 Å². The van der Waals surface area contributed by atoms with Crippen LogP contribution in [0.4, 0.5) is 0 Å². The zero-order chi connectivity index (χ0) is 21.9. The van der Waals surface area contributed by atoms with Gasteiger partial charge in [0.25, 0.3) is 10.0 Å². The number of hydrogen-bond acceptors (Lipinski definition) is 2. The number of rotatable bonds is 4. The summed E-state index contributed by atoms with van der Waals surface area (Å²) in [5.74, 6) is 0.274. The number of para-hydroxylation sites is 1. The van der Waals surface area contributed by atoms with Crippen molar-refractivity contribution < 1.29 is 8.42 Å². The van der Waals surface area contributed by atoms with Crippen molar-refractivity contribution in [2.24, 2.45) is 5.92 Å². The molecular weight excluding hydrogens is 416 g/mol. The molecule has 1 fully saturated rings. The summed E-state index contributed by atoms with van der Waals surface area (Å²) in [6.07, 6.45) is 6.10. The average molecular weight is 441 g/mol. The van der Waals surface area contributed by atoms with Crippen molar-refractivity contribution in [3.8, 4) is 0 Å². The van der Waals surface area contributed by atoms with Crippen molar-refractivity contribution in [2.45, 2.75) is 30.7 Å². The fraction of sp³-hybridized carbons (Fsp3) is 0.185. The maximum Gasteiger partial charge on any atom is 0.264 e. The molecule has 0 unspecified atom stereocenters. The van der Waals surface area contributed by atoms with E-state index in [9.17, 15) is 8.42 Å². The number of benzene rings is 3. The SMILES string of the molecule is Cc1ccc(S(=O)(=O)N2C(C3CC3)=Cc3ccccc3[C@@H]2c2c[nH]c3ccccc23)cc1. The van der Waals surface area contributed by atoms with Crippen LogP contribution in [0.2, 0.25) is 0 Å². The molecule has 1 saturated carbocycles. The highest BCUT2D eigenvalue weighted by Gasteiger charge is 2.44. The molecule has 160 valence electrons. The van der Waals surface area contributed by atoms with Crippen LogP contribution < -0.4 is 0 Å². The van der Waals surface area contributed by atoms with Gasteiger partial charge in [0, 0.05) is 34.3 Å². The molecule has 3 aromatic carbocycles. The Balaban J connectivity index is 1.63. The fourth-order valence-electron chi connectivity index (χ4n) is 4.78. The van der Waals surface area contributed by atoms with Gasteiger partial charge in [-0.3, -0.25) is 4.31 Å². The van der Waals surface area contributed by atoms with Crippen molar-refractivity contribution in [3.05, 3.63) is 107 Å². The molecule has 0 amide bonds. The number of aromatic amines is 1. The molecule has 5 heteroatoms. The lowest BCUT2D eigenvalue weighted by Crippen LogP contribution is -2.37. The Bertz CT molecular complexity index is 1460. The third kappa shape index (κ3) is 3.00. The topological polar surface area (TPSA) is 53.2 Å². The first kappa shape index (κ1) is 19.4. The van der Waals surface area contributed by atoms with E-state index < -0.39 is 16.1 Å². The van der Waals surface area contributed by atoms with Crippen LogP contribution in [0, 0.1) is 12.8 Å². The number of sulfonamides is 1. The number of aryl methyl sites for hydroxylation is 1. The van der Waals surface area contributed by atoms with Gasteiger partial charge in [0.15, 0.2) is 0 Å². The second-order valence-corrected chi connectivity index (χ2v) is 10.6. The molecule has 1 aromatic heterocycles. The summed E-state index contributed by atoms with van der Waals surface area (Å²) in [4.78, 5) is 3.69. The lowest BCUT2D eigenvalue weighted by molar-refractivity contribution is 0.406. The van der Waals surface area contributed by atoms with Gasteiger partial charge in [-0.15, -0.1) is 0 Å². The van der Waals surface area contributed by atoms with Crippen LogP contribution in [0.1, 0.15) is 41.1 Å². The molecule has 0 bridgehead atoms. The van der Waals surface area contributed by atoms with Crippen LogP contribution in [0.3, 0.4) is 0 Å². The average Bonchev–Trinajstić information content (AvgIpc) is 3.57. The summed E-state index contributed by atoms with van der Waals surface area (Å²) >= 11 is 0. The molecule has 1 aliphatic carbocycles. The predicted octanol–water partition coefficient (Wildman–Crippen LogP) is 6.02. The molecular formula is C27H24N2O2S. The smallest absolute Gasteiger partial charge is 0.264 e. The highest BCUT2D eigenvalue weighted by molar-refractivity contribution is 7.89. The molecule has 4 aromatic rings. The molecule has 32 heavy (non-hydrogen) atoms. The third-order valence-corrected chi connectivity index (χ3v) is 8.38. The zero-order valence-corrected chi connectivity index (χ0v) is 18.6. The third-order valence-electron chi connectivity index (χ3n) is 6.57. The van der Waals surface area contributed by atoms with Crippen LogP contribution in [-0.4, -0.2) is 17.7 Å². The van der Waals surface area contributed by atoms with E-state index in [1.54, 1.807) is 16.4 Å². The van der Waals surface area contributed by atoms with Crippen LogP contribution in [0.25, 0.3) is 17.0 Å². The standard InChI is InChI=1S/C27H24N2O2S/c1-18-10-14-21(15-11-18)32(30,31)29-26(19-12-13-19)16-20-6-2-3-7-22(20)27(29)24-17-28-25-9-5-4-8-23(24)25/h2-11,14-17,19,27-28H,12-13H2,1H3/t27-/m1/s1. The number of allylic oxidation sites excluding steroid dienone is 1. The summed E-state index contributed by atoms with van der Waals surface area (Å²) in [7, 11) is -3.77. The van der Waals surface area contributed by atoms with Gasteiger partial charge in [-0.2, -0.15) is 0 Å². The van der Waals surface area contributed by atoms with Crippen LogP contribution in [0.5, 0.6) is 0 Å². The number of H-pyrrole nitrogens is 1. The first-order chi connectivity index (χ1) is 15.5. The Morgan fingerprint density at radius 2 is 1.59 bits per heavy atom. The van der Waals surface area contributed by atoms with Gasteiger partial charge in [-0.05, 0) is 55.2 Å². The summed E-state index contributed by atoms with van der Waals surface area (Å²) in [6.45, 7) is 1.97.